The van der Waals surface area contributed by atoms with Crippen molar-refractivity contribution in [1.82, 2.24) is 5.16 Å². The number of benzene rings is 1. The van der Waals surface area contributed by atoms with Crippen molar-refractivity contribution in [1.29, 1.82) is 0 Å². The lowest BCUT2D eigenvalue weighted by Gasteiger charge is -2.14. The van der Waals surface area contributed by atoms with Gasteiger partial charge in [-0.05, 0) is 36.5 Å². The Kier molecular flexibility index (Phi) is 2.33. The maximum Gasteiger partial charge on any atom is 0.239 e. The molecule has 3 aliphatic rings. The van der Waals surface area contributed by atoms with Crippen molar-refractivity contribution in [3.05, 3.63) is 34.8 Å². The quantitative estimate of drug-likeness (QED) is 0.580. The van der Waals surface area contributed by atoms with Crippen molar-refractivity contribution in [2.75, 3.05) is 4.90 Å². The molecule has 6 heteroatoms. The van der Waals surface area contributed by atoms with E-state index < -0.39 is 0 Å². The molecule has 1 aromatic heterocycles. The second-order valence-electron chi connectivity index (χ2n) is 6.16. The van der Waals surface area contributed by atoms with Crippen molar-refractivity contribution in [3.63, 3.8) is 0 Å². The third kappa shape index (κ3) is 1.41. The summed E-state index contributed by atoms with van der Waals surface area (Å²) in [5.74, 6) is 0.0168. The van der Waals surface area contributed by atoms with E-state index in [0.29, 0.717) is 16.8 Å². The van der Waals surface area contributed by atoms with Gasteiger partial charge < -0.3 is 4.52 Å². The van der Waals surface area contributed by atoms with Gasteiger partial charge in [0, 0.05) is 4.47 Å². The summed E-state index contributed by atoms with van der Waals surface area (Å²) in [6, 6.07) is 5.44. The van der Waals surface area contributed by atoms with E-state index in [1.807, 2.05) is 12.1 Å². The standard InChI is InChI=1S/C16H11BrN2O3/c17-9-3-4-10-11(6-9)22-18-14(10)19-15(20)12-7-1-2-8(5-7)13(12)16(19)21/h1-4,6-8,12-13H,5H2/t7-,8+,12-,13+. The van der Waals surface area contributed by atoms with E-state index in [0.717, 1.165) is 10.9 Å². The third-order valence-electron chi connectivity index (χ3n) is 5.10. The number of hydrogen-bond acceptors (Lipinski definition) is 4. The smallest absolute Gasteiger partial charge is 0.239 e. The number of amides is 2. The van der Waals surface area contributed by atoms with Crippen LogP contribution in [0.4, 0.5) is 5.82 Å². The molecule has 2 fully saturated rings. The van der Waals surface area contributed by atoms with Gasteiger partial charge in [0.2, 0.25) is 11.8 Å². The third-order valence-corrected chi connectivity index (χ3v) is 5.59. The van der Waals surface area contributed by atoms with E-state index in [1.54, 1.807) is 6.07 Å². The highest BCUT2D eigenvalue weighted by atomic mass is 79.9. The highest BCUT2D eigenvalue weighted by Crippen LogP contribution is 2.53. The summed E-state index contributed by atoms with van der Waals surface area (Å²) in [6.07, 6.45) is 5.09. The van der Waals surface area contributed by atoms with Gasteiger partial charge in [-0.25, -0.2) is 4.90 Å². The molecule has 2 bridgehead atoms. The van der Waals surface area contributed by atoms with Crippen LogP contribution in [0.5, 0.6) is 0 Å². The lowest BCUT2D eigenvalue weighted by Crippen LogP contribution is -2.33. The fraction of sp³-hybridized carbons (Fsp3) is 0.312. The zero-order valence-corrected chi connectivity index (χ0v) is 13.0. The zero-order chi connectivity index (χ0) is 15.0. The van der Waals surface area contributed by atoms with Gasteiger partial charge in [-0.3, -0.25) is 9.59 Å². The molecule has 1 saturated heterocycles. The topological polar surface area (TPSA) is 63.4 Å². The normalized spacial score (nSPS) is 32.5. The summed E-state index contributed by atoms with van der Waals surface area (Å²) in [5.41, 5.74) is 0.558. The molecule has 0 unspecified atom stereocenters. The Bertz CT molecular complexity index is 841. The molecule has 0 spiro atoms. The molecule has 5 rings (SSSR count). The summed E-state index contributed by atoms with van der Waals surface area (Å²) in [7, 11) is 0. The molecule has 0 radical (unpaired) electrons. The van der Waals surface area contributed by atoms with Crippen molar-refractivity contribution >= 4 is 44.5 Å². The van der Waals surface area contributed by atoms with Crippen LogP contribution < -0.4 is 4.90 Å². The molecule has 2 amide bonds. The molecular formula is C16H11BrN2O3. The number of aromatic nitrogens is 1. The van der Waals surface area contributed by atoms with E-state index in [4.69, 9.17) is 4.52 Å². The lowest BCUT2D eigenvalue weighted by molar-refractivity contribution is -0.123. The summed E-state index contributed by atoms with van der Waals surface area (Å²) in [5, 5.41) is 4.67. The van der Waals surface area contributed by atoms with Gasteiger partial charge in [-0.1, -0.05) is 33.2 Å². The molecule has 0 N–H and O–H groups in total. The summed E-state index contributed by atoms with van der Waals surface area (Å²) < 4.78 is 6.15. The van der Waals surface area contributed by atoms with Crippen LogP contribution in [0, 0.1) is 23.7 Å². The average molecular weight is 359 g/mol. The van der Waals surface area contributed by atoms with E-state index in [2.05, 4.69) is 33.2 Å². The number of carbonyl (C=O) groups excluding carboxylic acids is 2. The Labute approximate surface area is 134 Å². The molecule has 4 atom stereocenters. The highest BCUT2D eigenvalue weighted by molar-refractivity contribution is 9.10. The molecular weight excluding hydrogens is 348 g/mol. The summed E-state index contributed by atoms with van der Waals surface area (Å²) in [4.78, 5) is 26.8. The summed E-state index contributed by atoms with van der Waals surface area (Å²) >= 11 is 3.37. The van der Waals surface area contributed by atoms with Gasteiger partial charge in [-0.2, -0.15) is 0 Å². The minimum absolute atomic E-state index is 0.134. The highest BCUT2D eigenvalue weighted by Gasteiger charge is 2.60. The second kappa shape index (κ2) is 4.07. The Morgan fingerprint density at radius 3 is 2.50 bits per heavy atom. The summed E-state index contributed by atoms with van der Waals surface area (Å²) in [6.45, 7) is 0. The molecule has 5 nitrogen and oxygen atoms in total. The molecule has 1 aliphatic heterocycles. The number of hydrogen-bond donors (Lipinski definition) is 0. The first-order valence-electron chi connectivity index (χ1n) is 7.26. The van der Waals surface area contributed by atoms with Crippen LogP contribution in [0.25, 0.3) is 11.0 Å². The number of halogens is 1. The fourth-order valence-electron chi connectivity index (χ4n) is 4.17. The Balaban J connectivity index is 1.64. The first-order valence-corrected chi connectivity index (χ1v) is 8.05. The van der Waals surface area contributed by atoms with E-state index >= 15 is 0 Å². The predicted molar refractivity (Wildman–Crippen MR) is 81.9 cm³/mol. The Morgan fingerprint density at radius 1 is 1.14 bits per heavy atom. The molecule has 110 valence electrons. The molecule has 2 heterocycles. The van der Waals surface area contributed by atoms with Crippen LogP contribution >= 0.6 is 15.9 Å². The van der Waals surface area contributed by atoms with Crippen LogP contribution in [0.15, 0.2) is 39.3 Å². The number of imide groups is 1. The van der Waals surface area contributed by atoms with Crippen LogP contribution in [-0.2, 0) is 9.59 Å². The van der Waals surface area contributed by atoms with Gasteiger partial charge >= 0.3 is 0 Å². The number of rotatable bonds is 1. The molecule has 2 aliphatic carbocycles. The maximum atomic E-state index is 12.8. The SMILES string of the molecule is O=C1[C@@H]2[C@H](C(=O)N1c1noc3cc(Br)ccc13)[C@@H]1C=C[C@H]2C1. The Hall–Kier alpha value is -1.95. The first kappa shape index (κ1) is 12.6. The van der Waals surface area contributed by atoms with Crippen molar-refractivity contribution in [3.8, 4) is 0 Å². The monoisotopic (exact) mass is 358 g/mol. The van der Waals surface area contributed by atoms with Gasteiger partial charge in [0.25, 0.3) is 0 Å². The molecule has 1 saturated carbocycles. The fourth-order valence-corrected chi connectivity index (χ4v) is 4.51. The second-order valence-corrected chi connectivity index (χ2v) is 7.07. The van der Waals surface area contributed by atoms with Crippen LogP contribution in [0.2, 0.25) is 0 Å². The van der Waals surface area contributed by atoms with E-state index in [9.17, 15) is 9.59 Å². The number of allylic oxidation sites excluding steroid dienone is 2. The zero-order valence-electron chi connectivity index (χ0n) is 11.4. The lowest BCUT2D eigenvalue weighted by atomic mass is 9.85. The van der Waals surface area contributed by atoms with Crippen LogP contribution in [0.3, 0.4) is 0 Å². The molecule has 2 aromatic rings. The van der Waals surface area contributed by atoms with Gasteiger partial charge in [0.05, 0.1) is 17.2 Å². The Morgan fingerprint density at radius 2 is 1.82 bits per heavy atom. The van der Waals surface area contributed by atoms with E-state index in [-0.39, 0.29) is 35.5 Å². The number of carbonyl (C=O) groups is 2. The van der Waals surface area contributed by atoms with Crippen molar-refractivity contribution in [2.45, 2.75) is 6.42 Å². The van der Waals surface area contributed by atoms with Gasteiger partial charge in [0.1, 0.15) is 0 Å². The van der Waals surface area contributed by atoms with Crippen molar-refractivity contribution < 1.29 is 14.1 Å². The van der Waals surface area contributed by atoms with Gasteiger partial charge in [-0.15, -0.1) is 0 Å². The minimum Gasteiger partial charge on any atom is -0.354 e. The van der Waals surface area contributed by atoms with Crippen LogP contribution in [-0.4, -0.2) is 17.0 Å². The molecule has 1 aromatic carbocycles. The number of fused-ring (bicyclic) bond motifs is 6. The van der Waals surface area contributed by atoms with Crippen molar-refractivity contribution in [2.24, 2.45) is 23.7 Å². The maximum absolute atomic E-state index is 12.8. The minimum atomic E-state index is -0.218. The average Bonchev–Trinajstić information content (AvgIpc) is 3.23. The van der Waals surface area contributed by atoms with Gasteiger partial charge in [0.15, 0.2) is 11.4 Å². The number of nitrogens with zero attached hydrogens (tertiary/aromatic N) is 2. The van der Waals surface area contributed by atoms with E-state index in [1.165, 1.54) is 4.90 Å². The van der Waals surface area contributed by atoms with Crippen LogP contribution in [0.1, 0.15) is 6.42 Å². The predicted octanol–water partition coefficient (Wildman–Crippen LogP) is 2.90. The molecule has 22 heavy (non-hydrogen) atoms. The first-order chi connectivity index (χ1) is 10.6. The number of anilines is 1. The largest absolute Gasteiger partial charge is 0.354 e.